The number of unbranched alkanes of at least 4 members (excludes halogenated alkanes) is 3. The van der Waals surface area contributed by atoms with Crippen molar-refractivity contribution in [3.05, 3.63) is 22.1 Å². The van der Waals surface area contributed by atoms with E-state index in [-0.39, 0.29) is 43.2 Å². The van der Waals surface area contributed by atoms with Gasteiger partial charge in [-0.1, -0.05) is 24.7 Å². The van der Waals surface area contributed by atoms with E-state index in [2.05, 4.69) is 27.1 Å². The maximum Gasteiger partial charge on any atom is 0.408 e. The molecule has 1 fully saturated rings. The number of alkyl carbamates (subject to hydrolysis) is 1. The van der Waals surface area contributed by atoms with Crippen LogP contribution in [0.15, 0.2) is 11.0 Å². The second-order valence-corrected chi connectivity index (χ2v) is 9.23. The zero-order valence-corrected chi connectivity index (χ0v) is 22.5. The Kier molecular flexibility index (Phi) is 12.8. The molecule has 1 aliphatic rings. The van der Waals surface area contributed by atoms with Gasteiger partial charge in [-0.3, -0.25) is 9.78 Å². The lowest BCUT2D eigenvalue weighted by Crippen LogP contribution is -2.28. The highest BCUT2D eigenvalue weighted by Gasteiger charge is 2.35. The fraction of sp³-hybridized carbons (Fsp3) is 0.640. The summed E-state index contributed by atoms with van der Waals surface area (Å²) in [6.07, 6.45) is 3.03. The topological polar surface area (TPSA) is 183 Å². The minimum absolute atomic E-state index is 0.0889. The predicted molar refractivity (Wildman–Crippen MR) is 143 cm³/mol. The molecular weight excluding hydrogens is 534 g/mol. The van der Waals surface area contributed by atoms with E-state index in [9.17, 15) is 19.8 Å². The monoisotopic (exact) mass is 569 g/mol. The average molecular weight is 570 g/mol. The number of rotatable bonds is 15. The summed E-state index contributed by atoms with van der Waals surface area (Å²) in [6.45, 7) is 1.63. The van der Waals surface area contributed by atoms with Gasteiger partial charge in [-0.2, -0.15) is 4.98 Å². The van der Waals surface area contributed by atoms with E-state index in [4.69, 9.17) is 36.3 Å². The standard InChI is InChI=1S/C25H36ClN5O8/c26-7-3-1-2-4-9-36-12-13-37-11-8-28-25(35)38-10-5-6-17-15-31(20-14-18(33)19(16-32)39-20)22-21(17)23(34)30-24(27)29-22/h15,18-20,32-33H,1-4,7-14,16H2,(H,28,35)(H3,27,29,30,34)/t18?,19-,20-/m1/s1. The molecule has 1 unspecified atom stereocenters. The third-order valence-electron chi connectivity index (χ3n) is 5.95. The molecule has 0 saturated carbocycles. The summed E-state index contributed by atoms with van der Waals surface area (Å²) < 4.78 is 23.2. The van der Waals surface area contributed by atoms with E-state index in [1.807, 2.05) is 0 Å². The van der Waals surface area contributed by atoms with Crippen LogP contribution in [-0.2, 0) is 18.9 Å². The van der Waals surface area contributed by atoms with Crippen LogP contribution in [0.4, 0.5) is 10.7 Å². The molecule has 39 heavy (non-hydrogen) atoms. The van der Waals surface area contributed by atoms with Crippen LogP contribution < -0.4 is 16.6 Å². The Morgan fingerprint density at radius 1 is 1.26 bits per heavy atom. The maximum absolute atomic E-state index is 12.6. The molecule has 2 aromatic heterocycles. The van der Waals surface area contributed by atoms with Gasteiger partial charge in [0.25, 0.3) is 5.56 Å². The van der Waals surface area contributed by atoms with E-state index in [1.54, 1.807) is 10.8 Å². The van der Waals surface area contributed by atoms with Gasteiger partial charge < -0.3 is 44.8 Å². The third kappa shape index (κ3) is 9.38. The number of nitrogens with zero attached hydrogens (tertiary/aromatic N) is 2. The number of carbonyl (C=O) groups excluding carboxylic acids is 1. The van der Waals surface area contributed by atoms with E-state index >= 15 is 0 Å². The lowest BCUT2D eigenvalue weighted by molar-refractivity contribution is -0.0430. The SMILES string of the molecule is Nc1nc2c(c(C#CCOC(=O)NCCOCCOCCCCCCCl)cn2[C@H]2CC(O)[C@@H](CO)O2)c(=O)[nH]1. The number of amides is 1. The number of aliphatic hydroxyl groups excluding tert-OH is 2. The molecule has 6 N–H and O–H groups in total. The number of hydrogen-bond acceptors (Lipinski definition) is 10. The zero-order chi connectivity index (χ0) is 28.0. The number of H-pyrrole nitrogens is 1. The molecule has 0 aliphatic carbocycles. The highest BCUT2D eigenvalue weighted by molar-refractivity contribution is 6.17. The van der Waals surface area contributed by atoms with E-state index in [0.717, 1.165) is 25.7 Å². The predicted octanol–water partition coefficient (Wildman–Crippen LogP) is 0.858. The van der Waals surface area contributed by atoms with E-state index in [0.29, 0.717) is 37.9 Å². The van der Waals surface area contributed by atoms with Gasteiger partial charge in [0.05, 0.1) is 43.5 Å². The summed E-state index contributed by atoms with van der Waals surface area (Å²) in [4.78, 5) is 31.1. The summed E-state index contributed by atoms with van der Waals surface area (Å²) in [5.41, 5.74) is 5.76. The molecule has 0 spiro atoms. The number of aliphatic hydroxyl groups is 2. The molecule has 14 heteroatoms. The van der Waals surface area contributed by atoms with Gasteiger partial charge in [-0.15, -0.1) is 11.6 Å². The highest BCUT2D eigenvalue weighted by atomic mass is 35.5. The van der Waals surface area contributed by atoms with Gasteiger partial charge in [-0.05, 0) is 12.8 Å². The highest BCUT2D eigenvalue weighted by Crippen LogP contribution is 2.32. The number of halogens is 1. The quantitative estimate of drug-likeness (QED) is 0.117. The van der Waals surface area contributed by atoms with Crippen molar-refractivity contribution in [3.63, 3.8) is 0 Å². The molecule has 3 heterocycles. The number of carbonyl (C=O) groups is 1. The Morgan fingerprint density at radius 3 is 2.77 bits per heavy atom. The molecule has 3 rings (SSSR count). The Balaban J connectivity index is 1.41. The maximum atomic E-state index is 12.6. The lowest BCUT2D eigenvalue weighted by atomic mass is 10.2. The molecule has 1 aliphatic heterocycles. The number of fused-ring (bicyclic) bond motifs is 1. The minimum atomic E-state index is -0.876. The Labute approximate surface area is 230 Å². The number of anilines is 1. The number of ether oxygens (including phenoxy) is 4. The lowest BCUT2D eigenvalue weighted by Gasteiger charge is -2.14. The van der Waals surface area contributed by atoms with Gasteiger partial charge in [0.15, 0.2) is 12.3 Å². The molecule has 13 nitrogen and oxygen atoms in total. The van der Waals surface area contributed by atoms with Crippen LogP contribution in [0.25, 0.3) is 11.0 Å². The smallest absolute Gasteiger partial charge is 0.408 e. The molecule has 1 saturated heterocycles. The fourth-order valence-electron chi connectivity index (χ4n) is 4.02. The van der Waals surface area contributed by atoms with Crippen molar-refractivity contribution in [3.8, 4) is 11.8 Å². The summed E-state index contributed by atoms with van der Waals surface area (Å²) in [5.74, 6) is 6.12. The molecule has 0 aromatic carbocycles. The van der Waals surface area contributed by atoms with Crippen LogP contribution in [0.1, 0.15) is 43.9 Å². The number of nitrogen functional groups attached to an aromatic ring is 1. The van der Waals surface area contributed by atoms with Crippen molar-refractivity contribution in [1.82, 2.24) is 19.9 Å². The largest absolute Gasteiger partial charge is 0.436 e. The summed E-state index contributed by atoms with van der Waals surface area (Å²) in [6, 6.07) is 0. The van der Waals surface area contributed by atoms with Gasteiger partial charge in [0.2, 0.25) is 5.95 Å². The molecule has 2 aromatic rings. The van der Waals surface area contributed by atoms with Crippen molar-refractivity contribution in [2.75, 3.05) is 57.8 Å². The second-order valence-electron chi connectivity index (χ2n) is 8.85. The Bertz CT molecular complexity index is 1180. The molecule has 0 radical (unpaired) electrons. The van der Waals surface area contributed by atoms with Gasteiger partial charge in [0, 0.05) is 31.6 Å². The van der Waals surface area contributed by atoms with Gasteiger partial charge in [0.1, 0.15) is 12.3 Å². The summed E-state index contributed by atoms with van der Waals surface area (Å²) in [5, 5.41) is 22.2. The van der Waals surface area contributed by atoms with Crippen LogP contribution in [0.2, 0.25) is 0 Å². The first-order valence-corrected chi connectivity index (χ1v) is 13.4. The van der Waals surface area contributed by atoms with E-state index < -0.39 is 30.1 Å². The number of nitrogens with two attached hydrogens (primary N) is 1. The van der Waals surface area contributed by atoms with Crippen molar-refractivity contribution < 1.29 is 34.0 Å². The van der Waals surface area contributed by atoms with Crippen LogP contribution in [0.5, 0.6) is 0 Å². The second kappa shape index (κ2) is 16.3. The Morgan fingerprint density at radius 2 is 2.03 bits per heavy atom. The average Bonchev–Trinajstić information content (AvgIpc) is 3.47. The summed E-state index contributed by atoms with van der Waals surface area (Å²) >= 11 is 5.64. The van der Waals surface area contributed by atoms with Crippen LogP contribution in [-0.4, -0.2) is 95.1 Å². The van der Waals surface area contributed by atoms with Crippen molar-refractivity contribution >= 4 is 34.7 Å². The zero-order valence-electron chi connectivity index (χ0n) is 21.7. The minimum Gasteiger partial charge on any atom is -0.436 e. The van der Waals surface area contributed by atoms with Crippen molar-refractivity contribution in [1.29, 1.82) is 0 Å². The van der Waals surface area contributed by atoms with Crippen molar-refractivity contribution in [2.45, 2.75) is 50.5 Å². The number of nitrogens with one attached hydrogen (secondary N) is 2. The summed E-state index contributed by atoms with van der Waals surface area (Å²) in [7, 11) is 0. The molecule has 216 valence electrons. The number of aromatic nitrogens is 3. The number of hydrogen-bond donors (Lipinski definition) is 5. The fourth-order valence-corrected chi connectivity index (χ4v) is 4.21. The first-order chi connectivity index (χ1) is 18.9. The molecule has 3 atom stereocenters. The molecule has 0 bridgehead atoms. The number of aromatic amines is 1. The molecule has 1 amide bonds. The first-order valence-electron chi connectivity index (χ1n) is 12.9. The van der Waals surface area contributed by atoms with Crippen LogP contribution in [0, 0.1) is 11.8 Å². The third-order valence-corrected chi connectivity index (χ3v) is 6.22. The van der Waals surface area contributed by atoms with Crippen molar-refractivity contribution in [2.24, 2.45) is 0 Å². The van der Waals surface area contributed by atoms with Gasteiger partial charge >= 0.3 is 6.09 Å². The van der Waals surface area contributed by atoms with Crippen LogP contribution >= 0.6 is 11.6 Å². The van der Waals surface area contributed by atoms with E-state index in [1.165, 1.54) is 0 Å². The first kappa shape index (κ1) is 30.7. The van der Waals surface area contributed by atoms with Crippen LogP contribution in [0.3, 0.4) is 0 Å². The molecular formula is C25H36ClN5O8. The number of alkyl halides is 1. The Hall–Kier alpha value is -2.86. The normalized spacial score (nSPS) is 18.7. The van der Waals surface area contributed by atoms with Gasteiger partial charge in [-0.25, -0.2) is 4.79 Å².